The molecule has 0 aliphatic carbocycles. The van der Waals surface area contributed by atoms with Crippen molar-refractivity contribution in [1.82, 2.24) is 4.72 Å². The van der Waals surface area contributed by atoms with Crippen LogP contribution in [-0.4, -0.2) is 41.8 Å². The van der Waals surface area contributed by atoms with E-state index in [1.807, 2.05) is 0 Å². The van der Waals surface area contributed by atoms with E-state index in [9.17, 15) is 17.4 Å². The number of carboxylic acids is 1. The molecular weight excluding hydrogens is 314 g/mol. The number of benzene rings is 1. The highest BCUT2D eigenvalue weighted by Gasteiger charge is 2.18. The van der Waals surface area contributed by atoms with Crippen molar-refractivity contribution in [3.63, 3.8) is 0 Å². The van der Waals surface area contributed by atoms with E-state index in [1.54, 1.807) is 13.8 Å². The summed E-state index contributed by atoms with van der Waals surface area (Å²) in [6.07, 6.45) is 0.505. The van der Waals surface area contributed by atoms with E-state index in [2.05, 4.69) is 4.72 Å². The molecule has 21 heavy (non-hydrogen) atoms. The molecule has 1 aromatic carbocycles. The van der Waals surface area contributed by atoms with Crippen molar-refractivity contribution in [1.29, 1.82) is 0 Å². The maximum atomic E-state index is 12.1. The summed E-state index contributed by atoms with van der Waals surface area (Å²) < 4.78 is 37.7. The van der Waals surface area contributed by atoms with E-state index >= 15 is 0 Å². The first kappa shape index (κ1) is 17.8. The Balaban J connectivity index is 2.96. The molecule has 0 aliphatic rings. The zero-order chi connectivity index (χ0) is 16.0. The van der Waals surface area contributed by atoms with Crippen LogP contribution in [0.25, 0.3) is 0 Å². The van der Waals surface area contributed by atoms with Gasteiger partial charge < -0.3 is 5.11 Å². The lowest BCUT2D eigenvalue weighted by molar-refractivity contribution is 0.0695. The Morgan fingerprint density at radius 2 is 2.00 bits per heavy atom. The van der Waals surface area contributed by atoms with Crippen molar-refractivity contribution in [2.45, 2.75) is 25.2 Å². The molecular formula is C13H19NO5S2. The number of carbonyl (C=O) groups is 1. The van der Waals surface area contributed by atoms with Gasteiger partial charge in [0.25, 0.3) is 0 Å². The number of hydrogen-bond donors (Lipinski definition) is 2. The lowest BCUT2D eigenvalue weighted by Crippen LogP contribution is -2.28. The molecule has 0 saturated carbocycles. The van der Waals surface area contributed by atoms with Gasteiger partial charge in [0.05, 0.1) is 10.5 Å². The van der Waals surface area contributed by atoms with Crippen LogP contribution in [0.2, 0.25) is 0 Å². The molecule has 2 N–H and O–H groups in total. The summed E-state index contributed by atoms with van der Waals surface area (Å²) in [6, 6.07) is 4.03. The molecule has 118 valence electrons. The van der Waals surface area contributed by atoms with Crippen molar-refractivity contribution in [2.75, 3.05) is 18.1 Å². The van der Waals surface area contributed by atoms with Gasteiger partial charge in [0.15, 0.2) is 0 Å². The number of carboxylic acid groups (broad SMARTS) is 1. The molecule has 1 unspecified atom stereocenters. The van der Waals surface area contributed by atoms with Crippen LogP contribution in [0.4, 0.5) is 0 Å². The first-order valence-electron chi connectivity index (χ1n) is 6.52. The molecule has 0 aromatic heterocycles. The largest absolute Gasteiger partial charge is 0.478 e. The van der Waals surface area contributed by atoms with Crippen molar-refractivity contribution in [3.8, 4) is 0 Å². The van der Waals surface area contributed by atoms with Crippen LogP contribution in [-0.2, 0) is 27.2 Å². The van der Waals surface area contributed by atoms with Crippen molar-refractivity contribution < 1.29 is 22.5 Å². The predicted octanol–water partition coefficient (Wildman–Crippen LogP) is 0.994. The summed E-state index contributed by atoms with van der Waals surface area (Å²) >= 11 is 0. The van der Waals surface area contributed by atoms with Gasteiger partial charge in [-0.3, -0.25) is 4.21 Å². The Hall–Kier alpha value is -1.25. The molecule has 0 heterocycles. The van der Waals surface area contributed by atoms with Gasteiger partial charge in [-0.15, -0.1) is 0 Å². The Morgan fingerprint density at radius 3 is 2.52 bits per heavy atom. The minimum atomic E-state index is -3.79. The number of nitrogens with one attached hydrogen (secondary N) is 1. The van der Waals surface area contributed by atoms with E-state index in [0.717, 1.165) is 6.07 Å². The Labute approximate surface area is 127 Å². The quantitative estimate of drug-likeness (QED) is 0.739. The van der Waals surface area contributed by atoms with Crippen molar-refractivity contribution in [2.24, 2.45) is 0 Å². The topological polar surface area (TPSA) is 101 Å². The number of sulfonamides is 1. The van der Waals surface area contributed by atoms with Crippen molar-refractivity contribution in [3.05, 3.63) is 29.3 Å². The van der Waals surface area contributed by atoms with Crippen LogP contribution >= 0.6 is 0 Å². The number of aromatic carboxylic acids is 1. The molecule has 6 nitrogen and oxygen atoms in total. The van der Waals surface area contributed by atoms with Gasteiger partial charge in [-0.05, 0) is 24.1 Å². The fourth-order valence-electron chi connectivity index (χ4n) is 1.75. The van der Waals surface area contributed by atoms with Gasteiger partial charge >= 0.3 is 5.97 Å². The lowest BCUT2D eigenvalue weighted by atomic mass is 10.1. The van der Waals surface area contributed by atoms with Gasteiger partial charge in [0.1, 0.15) is 0 Å². The van der Waals surface area contributed by atoms with Gasteiger partial charge in [-0.1, -0.05) is 19.9 Å². The minimum absolute atomic E-state index is 0.0162. The molecule has 1 aromatic rings. The fourth-order valence-corrected chi connectivity index (χ4v) is 3.55. The first-order chi connectivity index (χ1) is 9.81. The zero-order valence-electron chi connectivity index (χ0n) is 12.0. The summed E-state index contributed by atoms with van der Waals surface area (Å²) in [7, 11) is -4.85. The SMILES string of the molecule is CCc1ccc(S(=O)(=O)NCCS(=O)CC)cc1C(=O)O. The fraction of sp³-hybridized carbons (Fsp3) is 0.462. The Morgan fingerprint density at radius 1 is 1.33 bits per heavy atom. The normalized spacial score (nSPS) is 13.0. The second-order valence-electron chi connectivity index (χ2n) is 4.31. The van der Waals surface area contributed by atoms with Crippen LogP contribution in [0.1, 0.15) is 29.8 Å². The maximum absolute atomic E-state index is 12.1. The van der Waals surface area contributed by atoms with Gasteiger partial charge in [-0.25, -0.2) is 17.9 Å². The molecule has 0 spiro atoms. The lowest BCUT2D eigenvalue weighted by Gasteiger charge is -2.09. The third-order valence-electron chi connectivity index (χ3n) is 2.95. The maximum Gasteiger partial charge on any atom is 0.336 e. The average molecular weight is 333 g/mol. The summed E-state index contributed by atoms with van der Waals surface area (Å²) in [4.78, 5) is 11.0. The van der Waals surface area contributed by atoms with Crippen LogP contribution in [0.15, 0.2) is 23.1 Å². The number of rotatable bonds is 8. The molecule has 0 saturated heterocycles. The van der Waals surface area contributed by atoms with E-state index in [0.29, 0.717) is 17.7 Å². The predicted molar refractivity (Wildman–Crippen MR) is 81.5 cm³/mol. The number of hydrogen-bond acceptors (Lipinski definition) is 4. The zero-order valence-corrected chi connectivity index (χ0v) is 13.6. The minimum Gasteiger partial charge on any atom is -0.478 e. The Kier molecular flexibility index (Phi) is 6.50. The van der Waals surface area contributed by atoms with Crippen LogP contribution in [0.5, 0.6) is 0 Å². The molecule has 0 radical (unpaired) electrons. The monoisotopic (exact) mass is 333 g/mol. The second kappa shape index (κ2) is 7.67. The molecule has 1 atom stereocenters. The van der Waals surface area contributed by atoms with Crippen molar-refractivity contribution >= 4 is 26.8 Å². The third-order valence-corrected chi connectivity index (χ3v) is 5.71. The van der Waals surface area contributed by atoms with Gasteiger partial charge in [0, 0.05) is 28.9 Å². The molecule has 0 fully saturated rings. The molecule has 8 heteroatoms. The van der Waals surface area contributed by atoms with Gasteiger partial charge in [0.2, 0.25) is 10.0 Å². The third kappa shape index (κ3) is 4.90. The highest BCUT2D eigenvalue weighted by molar-refractivity contribution is 7.89. The van der Waals surface area contributed by atoms with Gasteiger partial charge in [-0.2, -0.15) is 0 Å². The van der Waals surface area contributed by atoms with E-state index < -0.39 is 26.8 Å². The number of aryl methyl sites for hydroxylation is 1. The summed E-state index contributed by atoms with van der Waals surface area (Å²) in [5.74, 6) is -0.457. The Bertz CT molecular complexity index is 640. The highest BCUT2D eigenvalue weighted by Crippen LogP contribution is 2.17. The molecule has 1 rings (SSSR count). The standard InChI is InChI=1S/C13H19NO5S2/c1-3-10-5-6-11(9-12(10)13(15)16)21(18,19)14-7-8-20(17)4-2/h5-6,9,14H,3-4,7-8H2,1-2H3,(H,15,16). The van der Waals surface area contributed by atoms with E-state index in [1.165, 1.54) is 12.1 Å². The van der Waals surface area contributed by atoms with E-state index in [-0.39, 0.29) is 22.8 Å². The summed E-state index contributed by atoms with van der Waals surface area (Å²) in [5, 5.41) is 9.11. The smallest absolute Gasteiger partial charge is 0.336 e. The van der Waals surface area contributed by atoms with Crippen LogP contribution in [0, 0.1) is 0 Å². The van der Waals surface area contributed by atoms with Crippen LogP contribution < -0.4 is 4.72 Å². The average Bonchev–Trinajstić information content (AvgIpc) is 2.45. The summed E-state index contributed by atoms with van der Waals surface area (Å²) in [6.45, 7) is 3.61. The van der Waals surface area contributed by atoms with E-state index in [4.69, 9.17) is 5.11 Å². The molecule has 0 bridgehead atoms. The molecule has 0 aliphatic heterocycles. The molecule has 0 amide bonds. The van der Waals surface area contributed by atoms with Crippen LogP contribution in [0.3, 0.4) is 0 Å². The first-order valence-corrected chi connectivity index (χ1v) is 9.49. The second-order valence-corrected chi connectivity index (χ2v) is 7.94. The summed E-state index contributed by atoms with van der Waals surface area (Å²) in [5.41, 5.74) is 0.561. The highest BCUT2D eigenvalue weighted by atomic mass is 32.2.